The molecule has 0 atom stereocenters. The van der Waals surface area contributed by atoms with Crippen LogP contribution in [-0.2, 0) is 6.54 Å². The minimum atomic E-state index is -0.610. The minimum Gasteiger partial charge on any atom is -0.505 e. The van der Waals surface area contributed by atoms with Gasteiger partial charge < -0.3 is 20.6 Å². The molecule has 0 spiro atoms. The largest absolute Gasteiger partial charge is 0.505 e. The maximum atomic E-state index is 13.3. The van der Waals surface area contributed by atoms with E-state index < -0.39 is 5.82 Å². The SMILES string of the molecule is CCNC(=NCc1ccc(O)c(F)c1)NCCN1CCCCC1.I. The predicted octanol–water partition coefficient (Wildman–Crippen LogP) is 2.69. The molecule has 3 N–H and O–H groups in total. The molecular weight excluding hydrogens is 422 g/mol. The number of halogens is 2. The zero-order valence-corrected chi connectivity index (χ0v) is 16.6. The highest BCUT2D eigenvalue weighted by Crippen LogP contribution is 2.16. The highest BCUT2D eigenvalue weighted by molar-refractivity contribution is 14.0. The van der Waals surface area contributed by atoms with E-state index in [1.165, 1.54) is 44.5 Å². The number of guanidine groups is 1. The number of hydrogen-bond acceptors (Lipinski definition) is 3. The first-order valence-electron chi connectivity index (χ1n) is 8.41. The Hall–Kier alpha value is -1.09. The summed E-state index contributed by atoms with van der Waals surface area (Å²) in [5.41, 5.74) is 0.730. The average Bonchev–Trinajstić information content (AvgIpc) is 2.56. The molecule has 1 heterocycles. The Bertz CT molecular complexity index is 521. The lowest BCUT2D eigenvalue weighted by Crippen LogP contribution is -2.42. The molecule has 0 aromatic heterocycles. The molecule has 1 aromatic rings. The molecule has 1 saturated heterocycles. The number of piperidine rings is 1. The molecule has 7 heteroatoms. The van der Waals surface area contributed by atoms with Crippen LogP contribution in [-0.4, -0.2) is 48.7 Å². The normalized spacial score (nSPS) is 15.7. The summed E-state index contributed by atoms with van der Waals surface area (Å²) in [4.78, 5) is 6.93. The molecule has 136 valence electrons. The Morgan fingerprint density at radius 1 is 1.25 bits per heavy atom. The van der Waals surface area contributed by atoms with E-state index in [-0.39, 0.29) is 29.7 Å². The summed E-state index contributed by atoms with van der Waals surface area (Å²) in [7, 11) is 0. The van der Waals surface area contributed by atoms with Crippen LogP contribution in [0, 0.1) is 5.82 Å². The summed E-state index contributed by atoms with van der Waals surface area (Å²) in [6.45, 7) is 7.39. The Morgan fingerprint density at radius 2 is 2.00 bits per heavy atom. The minimum absolute atomic E-state index is 0. The zero-order chi connectivity index (χ0) is 16.5. The Balaban J connectivity index is 0.00000288. The molecule has 1 fully saturated rings. The smallest absolute Gasteiger partial charge is 0.191 e. The molecule has 0 unspecified atom stereocenters. The van der Waals surface area contributed by atoms with Gasteiger partial charge in [0.2, 0.25) is 0 Å². The summed E-state index contributed by atoms with van der Waals surface area (Å²) in [6.07, 6.45) is 3.93. The third-order valence-corrected chi connectivity index (χ3v) is 3.95. The van der Waals surface area contributed by atoms with Crippen molar-refractivity contribution >= 4 is 29.9 Å². The van der Waals surface area contributed by atoms with Crippen molar-refractivity contribution in [2.75, 3.05) is 32.7 Å². The van der Waals surface area contributed by atoms with Crippen molar-refractivity contribution in [1.82, 2.24) is 15.5 Å². The first kappa shape index (κ1) is 21.0. The predicted molar refractivity (Wildman–Crippen MR) is 107 cm³/mol. The number of aromatic hydroxyl groups is 1. The van der Waals surface area contributed by atoms with E-state index in [2.05, 4.69) is 20.5 Å². The first-order valence-corrected chi connectivity index (χ1v) is 8.41. The van der Waals surface area contributed by atoms with Crippen molar-refractivity contribution in [3.05, 3.63) is 29.6 Å². The van der Waals surface area contributed by atoms with Gasteiger partial charge in [0.1, 0.15) is 0 Å². The monoisotopic (exact) mass is 450 g/mol. The van der Waals surface area contributed by atoms with Gasteiger partial charge in [-0.25, -0.2) is 9.38 Å². The fraction of sp³-hybridized carbons (Fsp3) is 0.588. The topological polar surface area (TPSA) is 59.9 Å². The second kappa shape index (κ2) is 11.5. The van der Waals surface area contributed by atoms with Crippen molar-refractivity contribution in [3.63, 3.8) is 0 Å². The zero-order valence-electron chi connectivity index (χ0n) is 14.2. The summed E-state index contributed by atoms with van der Waals surface area (Å²) in [5, 5.41) is 15.7. The molecule has 2 rings (SSSR count). The van der Waals surface area contributed by atoms with Crippen LogP contribution in [0.2, 0.25) is 0 Å². The van der Waals surface area contributed by atoms with Gasteiger partial charge in [-0.3, -0.25) is 0 Å². The fourth-order valence-corrected chi connectivity index (χ4v) is 2.68. The lowest BCUT2D eigenvalue weighted by molar-refractivity contribution is 0.232. The number of phenolic OH excluding ortho intramolecular Hbond substituents is 1. The molecule has 0 bridgehead atoms. The number of nitrogens with zero attached hydrogens (tertiary/aromatic N) is 2. The van der Waals surface area contributed by atoms with Gasteiger partial charge in [0.25, 0.3) is 0 Å². The van der Waals surface area contributed by atoms with Gasteiger partial charge in [-0.1, -0.05) is 12.5 Å². The van der Waals surface area contributed by atoms with E-state index >= 15 is 0 Å². The number of likely N-dealkylation sites (tertiary alicyclic amines) is 1. The lowest BCUT2D eigenvalue weighted by atomic mass is 10.1. The van der Waals surface area contributed by atoms with Gasteiger partial charge in [0.15, 0.2) is 17.5 Å². The van der Waals surface area contributed by atoms with Gasteiger partial charge >= 0.3 is 0 Å². The molecule has 0 aliphatic carbocycles. The fourth-order valence-electron chi connectivity index (χ4n) is 2.68. The van der Waals surface area contributed by atoms with Crippen LogP contribution in [0.4, 0.5) is 4.39 Å². The van der Waals surface area contributed by atoms with Gasteiger partial charge in [0.05, 0.1) is 6.54 Å². The van der Waals surface area contributed by atoms with Crippen molar-refractivity contribution in [2.24, 2.45) is 4.99 Å². The van der Waals surface area contributed by atoms with Crippen molar-refractivity contribution < 1.29 is 9.50 Å². The van der Waals surface area contributed by atoms with Crippen LogP contribution in [0.15, 0.2) is 23.2 Å². The van der Waals surface area contributed by atoms with Gasteiger partial charge in [-0.2, -0.15) is 0 Å². The van der Waals surface area contributed by atoms with E-state index in [4.69, 9.17) is 0 Å². The van der Waals surface area contributed by atoms with Gasteiger partial charge in [-0.15, -0.1) is 24.0 Å². The molecule has 0 radical (unpaired) electrons. The van der Waals surface area contributed by atoms with E-state index in [0.29, 0.717) is 6.54 Å². The quantitative estimate of drug-likeness (QED) is 0.355. The van der Waals surface area contributed by atoms with E-state index in [9.17, 15) is 9.50 Å². The average molecular weight is 450 g/mol. The van der Waals surface area contributed by atoms with Crippen LogP contribution >= 0.6 is 24.0 Å². The summed E-state index contributed by atoms with van der Waals surface area (Å²) in [5.74, 6) is -0.206. The maximum absolute atomic E-state index is 13.3. The van der Waals surface area contributed by atoms with Gasteiger partial charge in [-0.05, 0) is 50.6 Å². The maximum Gasteiger partial charge on any atom is 0.191 e. The van der Waals surface area contributed by atoms with E-state index in [1.54, 1.807) is 6.07 Å². The van der Waals surface area contributed by atoms with Crippen LogP contribution in [0.25, 0.3) is 0 Å². The van der Waals surface area contributed by atoms with Crippen LogP contribution < -0.4 is 10.6 Å². The van der Waals surface area contributed by atoms with Crippen LogP contribution in [0.3, 0.4) is 0 Å². The Morgan fingerprint density at radius 3 is 2.67 bits per heavy atom. The Kier molecular flexibility index (Phi) is 10.0. The molecule has 5 nitrogen and oxygen atoms in total. The van der Waals surface area contributed by atoms with Crippen molar-refractivity contribution in [1.29, 1.82) is 0 Å². The summed E-state index contributed by atoms with van der Waals surface area (Å²) < 4.78 is 13.3. The number of rotatable bonds is 6. The molecular formula is C17H28FIN4O. The molecule has 1 aromatic carbocycles. The molecule has 0 amide bonds. The second-order valence-corrected chi connectivity index (χ2v) is 5.81. The molecule has 0 saturated carbocycles. The molecule has 1 aliphatic heterocycles. The third-order valence-electron chi connectivity index (χ3n) is 3.95. The van der Waals surface area contributed by atoms with Crippen LogP contribution in [0.5, 0.6) is 5.75 Å². The first-order chi connectivity index (χ1) is 11.2. The number of nitrogens with one attached hydrogen (secondary N) is 2. The van der Waals surface area contributed by atoms with Crippen molar-refractivity contribution in [3.8, 4) is 5.75 Å². The molecule has 1 aliphatic rings. The van der Waals surface area contributed by atoms with Crippen molar-refractivity contribution in [2.45, 2.75) is 32.7 Å². The number of aliphatic imine (C=N–C) groups is 1. The number of benzene rings is 1. The number of phenols is 1. The van der Waals surface area contributed by atoms with Gasteiger partial charge in [0, 0.05) is 19.6 Å². The highest BCUT2D eigenvalue weighted by Gasteiger charge is 2.09. The standard InChI is InChI=1S/C17H27FN4O.HI/c1-2-19-17(20-8-11-22-9-4-3-5-10-22)21-13-14-6-7-16(23)15(18)12-14;/h6-7,12,23H,2-5,8-11,13H2,1H3,(H2,19,20,21);1H. The second-order valence-electron chi connectivity index (χ2n) is 5.81. The highest BCUT2D eigenvalue weighted by atomic mass is 127. The number of hydrogen-bond donors (Lipinski definition) is 3. The summed E-state index contributed by atoms with van der Waals surface area (Å²) in [6, 6.07) is 4.35. The molecule has 24 heavy (non-hydrogen) atoms. The lowest BCUT2D eigenvalue weighted by Gasteiger charge is -2.26. The van der Waals surface area contributed by atoms with E-state index in [1.807, 2.05) is 6.92 Å². The van der Waals surface area contributed by atoms with Crippen LogP contribution in [0.1, 0.15) is 31.7 Å². The Labute approximate surface area is 160 Å². The summed E-state index contributed by atoms with van der Waals surface area (Å²) >= 11 is 0. The third kappa shape index (κ3) is 7.21. The van der Waals surface area contributed by atoms with E-state index in [0.717, 1.165) is 31.2 Å².